The molecule has 1 aliphatic rings. The van der Waals surface area contributed by atoms with Crippen LogP contribution in [0.1, 0.15) is 43.1 Å². The minimum absolute atomic E-state index is 0.0493. The fourth-order valence-electron chi connectivity index (χ4n) is 2.86. The molecule has 0 aliphatic heterocycles. The summed E-state index contributed by atoms with van der Waals surface area (Å²) in [5, 5.41) is 3.56. The number of pyridine rings is 1. The second-order valence-electron chi connectivity index (χ2n) is 6.42. The number of carbonyl (C=O) groups excluding carboxylic acids is 1. The highest BCUT2D eigenvalue weighted by Crippen LogP contribution is 2.34. The van der Waals surface area contributed by atoms with E-state index >= 15 is 0 Å². The Bertz CT molecular complexity index is 493. The van der Waals surface area contributed by atoms with Crippen LogP contribution in [0.3, 0.4) is 0 Å². The fraction of sp³-hybridized carbons (Fsp3) is 0.625. The Labute approximate surface area is 126 Å². The Morgan fingerprint density at radius 1 is 1.48 bits per heavy atom. The lowest BCUT2D eigenvalue weighted by Crippen LogP contribution is -2.48. The summed E-state index contributed by atoms with van der Waals surface area (Å²) >= 11 is 0. The van der Waals surface area contributed by atoms with Crippen LogP contribution in [0.25, 0.3) is 0 Å². The lowest BCUT2D eigenvalue weighted by Gasteiger charge is -2.40. The smallest absolute Gasteiger partial charge is 0.272 e. The van der Waals surface area contributed by atoms with Crippen LogP contribution in [0.5, 0.6) is 0 Å². The third-order valence-corrected chi connectivity index (χ3v) is 4.42. The molecule has 116 valence electrons. The zero-order valence-corrected chi connectivity index (χ0v) is 13.2. The predicted octanol–water partition coefficient (Wildman–Crippen LogP) is 2.10. The van der Waals surface area contributed by atoms with E-state index < -0.39 is 0 Å². The van der Waals surface area contributed by atoms with E-state index in [4.69, 9.17) is 5.73 Å². The van der Waals surface area contributed by atoms with Crippen molar-refractivity contribution in [3.8, 4) is 0 Å². The number of aromatic nitrogens is 1. The molecule has 1 saturated carbocycles. The van der Waals surface area contributed by atoms with Crippen molar-refractivity contribution in [1.29, 1.82) is 0 Å². The first-order valence-electron chi connectivity index (χ1n) is 7.62. The van der Waals surface area contributed by atoms with Gasteiger partial charge in [-0.25, -0.2) is 0 Å². The Hall–Kier alpha value is -1.62. The van der Waals surface area contributed by atoms with Gasteiger partial charge in [-0.15, -0.1) is 0 Å². The van der Waals surface area contributed by atoms with Crippen molar-refractivity contribution in [1.82, 2.24) is 9.88 Å². The quantitative estimate of drug-likeness (QED) is 0.891. The molecular formula is C16H26N4O. The summed E-state index contributed by atoms with van der Waals surface area (Å²) < 4.78 is 0. The Morgan fingerprint density at radius 2 is 2.14 bits per heavy atom. The molecule has 1 aromatic rings. The van der Waals surface area contributed by atoms with Crippen molar-refractivity contribution in [2.45, 2.75) is 38.1 Å². The Balaban J connectivity index is 2.15. The van der Waals surface area contributed by atoms with Gasteiger partial charge in [-0.2, -0.15) is 0 Å². The normalized spacial score (nSPS) is 25.4. The van der Waals surface area contributed by atoms with E-state index in [-0.39, 0.29) is 11.4 Å². The number of rotatable bonds is 4. The highest BCUT2D eigenvalue weighted by atomic mass is 16.2. The van der Waals surface area contributed by atoms with Crippen LogP contribution in [0.15, 0.2) is 18.3 Å². The number of hydrogen-bond acceptors (Lipinski definition) is 4. The molecule has 1 amide bonds. The molecule has 3 N–H and O–H groups in total. The van der Waals surface area contributed by atoms with E-state index in [1.54, 1.807) is 20.3 Å². The molecule has 1 aliphatic carbocycles. The number of nitrogens with two attached hydrogens (primary N) is 1. The maximum Gasteiger partial charge on any atom is 0.272 e. The lowest BCUT2D eigenvalue weighted by molar-refractivity contribution is 0.0822. The fourth-order valence-corrected chi connectivity index (χ4v) is 2.86. The zero-order chi connectivity index (χ0) is 15.5. The largest absolute Gasteiger partial charge is 0.378 e. The van der Waals surface area contributed by atoms with Gasteiger partial charge in [0.05, 0.1) is 0 Å². The van der Waals surface area contributed by atoms with Crippen LogP contribution in [-0.4, -0.2) is 42.0 Å². The minimum atomic E-state index is -0.0854. The van der Waals surface area contributed by atoms with E-state index in [0.29, 0.717) is 12.2 Å². The highest BCUT2D eigenvalue weighted by Gasteiger charge is 2.32. The highest BCUT2D eigenvalue weighted by molar-refractivity contribution is 5.92. The first kappa shape index (κ1) is 15.8. The van der Waals surface area contributed by atoms with Gasteiger partial charge in [-0.3, -0.25) is 9.78 Å². The topological polar surface area (TPSA) is 71.2 Å². The molecule has 21 heavy (non-hydrogen) atoms. The second kappa shape index (κ2) is 6.43. The van der Waals surface area contributed by atoms with Crippen molar-refractivity contribution in [2.75, 3.05) is 26.0 Å². The first-order valence-corrected chi connectivity index (χ1v) is 7.62. The molecule has 1 aromatic heterocycles. The molecule has 0 spiro atoms. The van der Waals surface area contributed by atoms with Gasteiger partial charge in [0, 0.05) is 38.1 Å². The molecule has 2 rings (SSSR count). The molecule has 1 heterocycles. The maximum atomic E-state index is 12.0. The molecule has 5 nitrogen and oxygen atoms in total. The molecule has 0 unspecified atom stereocenters. The number of nitrogens with one attached hydrogen (secondary N) is 1. The van der Waals surface area contributed by atoms with Gasteiger partial charge < -0.3 is 16.0 Å². The molecule has 1 fully saturated rings. The van der Waals surface area contributed by atoms with Crippen LogP contribution in [-0.2, 0) is 0 Å². The van der Waals surface area contributed by atoms with Crippen LogP contribution >= 0.6 is 0 Å². The van der Waals surface area contributed by atoms with Gasteiger partial charge in [0.1, 0.15) is 5.69 Å². The molecule has 0 radical (unpaired) electrons. The van der Waals surface area contributed by atoms with Gasteiger partial charge in [0.25, 0.3) is 5.91 Å². The molecule has 5 heteroatoms. The van der Waals surface area contributed by atoms with E-state index in [9.17, 15) is 4.79 Å². The van der Waals surface area contributed by atoms with Gasteiger partial charge in [-0.05, 0) is 43.7 Å². The molecule has 0 bridgehead atoms. The SMILES string of the molecule is CC1CCC(CN)(Nc2ccnc(C(=O)N(C)C)c2)CC1. The van der Waals surface area contributed by atoms with Gasteiger partial charge >= 0.3 is 0 Å². The van der Waals surface area contributed by atoms with E-state index in [0.717, 1.165) is 24.4 Å². The summed E-state index contributed by atoms with van der Waals surface area (Å²) in [7, 11) is 3.46. The molecule has 0 aromatic carbocycles. The van der Waals surface area contributed by atoms with Crippen LogP contribution in [0.4, 0.5) is 5.69 Å². The van der Waals surface area contributed by atoms with Gasteiger partial charge in [-0.1, -0.05) is 6.92 Å². The monoisotopic (exact) mass is 290 g/mol. The van der Waals surface area contributed by atoms with E-state index in [1.807, 2.05) is 12.1 Å². The molecule has 0 atom stereocenters. The van der Waals surface area contributed by atoms with E-state index in [2.05, 4.69) is 17.2 Å². The lowest BCUT2D eigenvalue weighted by atomic mass is 9.77. The summed E-state index contributed by atoms with van der Waals surface area (Å²) in [5.74, 6) is 0.688. The van der Waals surface area contributed by atoms with Gasteiger partial charge in [0.15, 0.2) is 0 Å². The average molecular weight is 290 g/mol. The van der Waals surface area contributed by atoms with Crippen molar-refractivity contribution in [3.05, 3.63) is 24.0 Å². The number of amides is 1. The van der Waals surface area contributed by atoms with Crippen LogP contribution in [0, 0.1) is 5.92 Å². The van der Waals surface area contributed by atoms with Crippen molar-refractivity contribution < 1.29 is 4.79 Å². The number of nitrogens with zero attached hydrogens (tertiary/aromatic N) is 2. The van der Waals surface area contributed by atoms with Crippen LogP contribution in [0.2, 0.25) is 0 Å². The predicted molar refractivity (Wildman–Crippen MR) is 85.3 cm³/mol. The number of anilines is 1. The Kier molecular flexibility index (Phi) is 4.83. The van der Waals surface area contributed by atoms with Crippen molar-refractivity contribution in [3.63, 3.8) is 0 Å². The summed E-state index contributed by atoms with van der Waals surface area (Å²) in [4.78, 5) is 17.7. The summed E-state index contributed by atoms with van der Waals surface area (Å²) in [6.45, 7) is 2.90. The third kappa shape index (κ3) is 3.73. The number of hydrogen-bond donors (Lipinski definition) is 2. The second-order valence-corrected chi connectivity index (χ2v) is 6.42. The maximum absolute atomic E-state index is 12.0. The number of carbonyl (C=O) groups is 1. The molecular weight excluding hydrogens is 264 g/mol. The molecule has 0 saturated heterocycles. The summed E-state index contributed by atoms with van der Waals surface area (Å²) in [5.41, 5.74) is 7.36. The van der Waals surface area contributed by atoms with Crippen LogP contribution < -0.4 is 11.1 Å². The third-order valence-electron chi connectivity index (χ3n) is 4.42. The van der Waals surface area contributed by atoms with E-state index in [1.165, 1.54) is 17.7 Å². The average Bonchev–Trinajstić information content (AvgIpc) is 2.49. The first-order chi connectivity index (χ1) is 9.96. The minimum Gasteiger partial charge on any atom is -0.378 e. The Morgan fingerprint density at radius 3 is 2.71 bits per heavy atom. The standard InChI is InChI=1S/C16H26N4O/c1-12-4-7-16(11-17,8-5-12)19-13-6-9-18-14(10-13)15(21)20(2)3/h6,9-10,12H,4-5,7-8,11,17H2,1-3H3,(H,18,19). The summed E-state index contributed by atoms with van der Waals surface area (Å²) in [6.07, 6.45) is 6.21. The van der Waals surface area contributed by atoms with Crippen molar-refractivity contribution >= 4 is 11.6 Å². The summed E-state index contributed by atoms with van der Waals surface area (Å²) in [6, 6.07) is 3.72. The van der Waals surface area contributed by atoms with Gasteiger partial charge in [0.2, 0.25) is 0 Å². The van der Waals surface area contributed by atoms with Crippen molar-refractivity contribution in [2.24, 2.45) is 11.7 Å². The zero-order valence-electron chi connectivity index (χ0n) is 13.2.